The number of halogens is 4. The van der Waals surface area contributed by atoms with Crippen LogP contribution < -0.4 is 4.74 Å². The van der Waals surface area contributed by atoms with Crippen LogP contribution in [0.2, 0.25) is 0 Å². The number of methoxy groups -OCH3 is 1. The molecule has 0 saturated heterocycles. The fourth-order valence-electron chi connectivity index (χ4n) is 2.58. The van der Waals surface area contributed by atoms with Crippen LogP contribution in [0.25, 0.3) is 22.2 Å². The molecule has 6 heteroatoms. The van der Waals surface area contributed by atoms with Crippen molar-refractivity contribution in [3.8, 4) is 17.0 Å². The van der Waals surface area contributed by atoms with Crippen LogP contribution >= 0.6 is 15.9 Å². The number of aromatic nitrogens is 1. The fraction of sp³-hybridized carbons (Fsp3) is 0.176. The normalized spacial score (nSPS) is 13.3. The Morgan fingerprint density at radius 3 is 2.30 bits per heavy atom. The van der Waals surface area contributed by atoms with Crippen LogP contribution in [0.4, 0.5) is 13.2 Å². The molecule has 0 radical (unpaired) electrons. The largest absolute Gasteiger partial charge is 0.497 e. The van der Waals surface area contributed by atoms with Gasteiger partial charge < -0.3 is 9.72 Å². The highest BCUT2D eigenvalue weighted by atomic mass is 79.9. The van der Waals surface area contributed by atoms with Gasteiger partial charge in [0.05, 0.1) is 12.8 Å². The third-order valence-electron chi connectivity index (χ3n) is 3.67. The summed E-state index contributed by atoms with van der Waals surface area (Å²) in [6, 6.07) is 13.9. The van der Waals surface area contributed by atoms with Gasteiger partial charge in [-0.1, -0.05) is 34.1 Å². The molecule has 1 aromatic heterocycles. The predicted molar refractivity (Wildman–Crippen MR) is 88.0 cm³/mol. The molecule has 1 N–H and O–H groups in total. The van der Waals surface area contributed by atoms with Gasteiger partial charge in [-0.3, -0.25) is 0 Å². The first-order chi connectivity index (χ1) is 10.9. The zero-order valence-corrected chi connectivity index (χ0v) is 13.7. The number of benzene rings is 2. The Morgan fingerprint density at radius 1 is 1.04 bits per heavy atom. The molecular formula is C17H13BrF3NO. The molecule has 2 aromatic carbocycles. The highest BCUT2D eigenvalue weighted by molar-refractivity contribution is 9.09. The minimum Gasteiger partial charge on any atom is -0.497 e. The van der Waals surface area contributed by atoms with Gasteiger partial charge in [-0.25, -0.2) is 0 Å². The van der Waals surface area contributed by atoms with Crippen LogP contribution in [0, 0.1) is 0 Å². The van der Waals surface area contributed by atoms with E-state index in [0.717, 1.165) is 0 Å². The van der Waals surface area contributed by atoms with Crippen molar-refractivity contribution in [3.05, 3.63) is 54.1 Å². The van der Waals surface area contributed by atoms with Gasteiger partial charge in [0.15, 0.2) is 0 Å². The minimum atomic E-state index is -4.38. The maximum absolute atomic E-state index is 13.3. The summed E-state index contributed by atoms with van der Waals surface area (Å²) in [4.78, 5) is 1.35. The summed E-state index contributed by atoms with van der Waals surface area (Å²) < 4.78 is 44.9. The molecule has 1 unspecified atom stereocenters. The maximum atomic E-state index is 13.3. The Morgan fingerprint density at radius 2 is 1.70 bits per heavy atom. The lowest BCUT2D eigenvalue weighted by Gasteiger charge is -2.16. The Balaban J connectivity index is 2.22. The highest BCUT2D eigenvalue weighted by Crippen LogP contribution is 2.46. The van der Waals surface area contributed by atoms with Gasteiger partial charge in [0, 0.05) is 16.5 Å². The van der Waals surface area contributed by atoms with Crippen molar-refractivity contribution < 1.29 is 17.9 Å². The number of nitrogens with one attached hydrogen (secondary N) is 1. The molecule has 23 heavy (non-hydrogen) atoms. The first kappa shape index (κ1) is 15.9. The summed E-state index contributed by atoms with van der Waals surface area (Å²) in [5, 5.41) is 0.553. The third-order valence-corrected chi connectivity index (χ3v) is 4.64. The quantitative estimate of drug-likeness (QED) is 0.564. The van der Waals surface area contributed by atoms with Gasteiger partial charge in [0.2, 0.25) is 0 Å². The van der Waals surface area contributed by atoms with Crippen molar-refractivity contribution in [1.29, 1.82) is 0 Å². The molecule has 0 fully saturated rings. The van der Waals surface area contributed by atoms with Crippen LogP contribution in [-0.2, 0) is 0 Å². The van der Waals surface area contributed by atoms with Crippen molar-refractivity contribution in [1.82, 2.24) is 4.98 Å². The number of para-hydroxylation sites is 1. The zero-order valence-electron chi connectivity index (χ0n) is 12.1. The van der Waals surface area contributed by atoms with E-state index in [1.54, 1.807) is 55.6 Å². The smallest absolute Gasteiger partial charge is 0.405 e. The second-order valence-corrected chi connectivity index (χ2v) is 6.01. The topological polar surface area (TPSA) is 25.0 Å². The average Bonchev–Trinajstić information content (AvgIpc) is 2.92. The second kappa shape index (κ2) is 5.92. The lowest BCUT2D eigenvalue weighted by atomic mass is 10.0. The standard InChI is InChI=1S/C17H13BrF3NO/c1-23-11-8-6-10(7-9-11)15-14(16(18)17(19,20)21)12-4-2-3-5-13(12)22-15/h2-9,16,22H,1H3. The summed E-state index contributed by atoms with van der Waals surface area (Å²) in [5.41, 5.74) is 1.99. The van der Waals surface area contributed by atoms with Crippen molar-refractivity contribution in [2.24, 2.45) is 0 Å². The average molecular weight is 384 g/mol. The molecule has 0 saturated carbocycles. The summed E-state index contributed by atoms with van der Waals surface area (Å²) in [7, 11) is 1.54. The van der Waals surface area contributed by atoms with Crippen molar-refractivity contribution >= 4 is 26.8 Å². The van der Waals surface area contributed by atoms with Gasteiger partial charge >= 0.3 is 6.18 Å². The Labute approximate surface area is 139 Å². The molecule has 0 aliphatic carbocycles. The van der Waals surface area contributed by atoms with Crippen LogP contribution in [-0.4, -0.2) is 18.3 Å². The molecule has 3 rings (SSSR count). The van der Waals surface area contributed by atoms with Crippen molar-refractivity contribution in [2.75, 3.05) is 7.11 Å². The van der Waals surface area contributed by atoms with E-state index in [1.807, 2.05) is 0 Å². The van der Waals surface area contributed by atoms with Crippen LogP contribution in [0.5, 0.6) is 5.75 Å². The van der Waals surface area contributed by atoms with Crippen LogP contribution in [0.15, 0.2) is 48.5 Å². The lowest BCUT2D eigenvalue weighted by molar-refractivity contribution is -0.127. The lowest BCUT2D eigenvalue weighted by Crippen LogP contribution is -2.15. The van der Waals surface area contributed by atoms with E-state index >= 15 is 0 Å². The number of alkyl halides is 4. The Hall–Kier alpha value is -1.95. The summed E-state index contributed by atoms with van der Waals surface area (Å²) in [6.45, 7) is 0. The molecule has 120 valence electrons. The van der Waals surface area contributed by atoms with Gasteiger partial charge in [-0.2, -0.15) is 13.2 Å². The van der Waals surface area contributed by atoms with E-state index in [2.05, 4.69) is 20.9 Å². The Bertz CT molecular complexity index is 824. The second-order valence-electron chi connectivity index (χ2n) is 5.09. The number of rotatable bonds is 3. The number of hydrogen-bond acceptors (Lipinski definition) is 1. The first-order valence-electron chi connectivity index (χ1n) is 6.87. The van der Waals surface area contributed by atoms with Crippen molar-refractivity contribution in [2.45, 2.75) is 11.0 Å². The molecule has 3 aromatic rings. The van der Waals surface area contributed by atoms with E-state index in [9.17, 15) is 13.2 Å². The molecule has 1 atom stereocenters. The number of ether oxygens (including phenoxy) is 1. The van der Waals surface area contributed by atoms with Gasteiger partial charge in [-0.05, 0) is 35.9 Å². The summed E-state index contributed by atoms with van der Waals surface area (Å²) >= 11 is 2.81. The van der Waals surface area contributed by atoms with E-state index in [1.165, 1.54) is 0 Å². The molecule has 2 nitrogen and oxygen atoms in total. The van der Waals surface area contributed by atoms with Crippen LogP contribution in [0.3, 0.4) is 0 Å². The number of aromatic amines is 1. The first-order valence-corrected chi connectivity index (χ1v) is 7.79. The zero-order chi connectivity index (χ0) is 16.6. The van der Waals surface area contributed by atoms with Crippen molar-refractivity contribution in [3.63, 3.8) is 0 Å². The Kier molecular flexibility index (Phi) is 4.10. The van der Waals surface area contributed by atoms with E-state index in [-0.39, 0.29) is 5.56 Å². The van der Waals surface area contributed by atoms with Gasteiger partial charge in [0.1, 0.15) is 10.6 Å². The molecule has 0 amide bonds. The fourth-order valence-corrected chi connectivity index (χ4v) is 3.05. The van der Waals surface area contributed by atoms with E-state index < -0.39 is 11.0 Å². The number of fused-ring (bicyclic) bond motifs is 1. The predicted octanol–water partition coefficient (Wildman–Crippen LogP) is 5.84. The molecule has 0 bridgehead atoms. The molecule has 1 heterocycles. The van der Waals surface area contributed by atoms with E-state index in [0.29, 0.717) is 27.9 Å². The highest BCUT2D eigenvalue weighted by Gasteiger charge is 2.41. The molecule has 0 spiro atoms. The van der Waals surface area contributed by atoms with Gasteiger partial charge in [-0.15, -0.1) is 0 Å². The minimum absolute atomic E-state index is 0.193. The van der Waals surface area contributed by atoms with Crippen LogP contribution in [0.1, 0.15) is 10.4 Å². The summed E-state index contributed by atoms with van der Waals surface area (Å²) in [5.74, 6) is 0.651. The maximum Gasteiger partial charge on any atom is 0.405 e. The molecule has 0 aliphatic heterocycles. The number of H-pyrrole nitrogens is 1. The van der Waals surface area contributed by atoms with E-state index in [4.69, 9.17) is 4.74 Å². The summed E-state index contributed by atoms with van der Waals surface area (Å²) in [6.07, 6.45) is -4.38. The molecular weight excluding hydrogens is 371 g/mol. The number of hydrogen-bond donors (Lipinski definition) is 1. The van der Waals surface area contributed by atoms with Gasteiger partial charge in [0.25, 0.3) is 0 Å². The monoisotopic (exact) mass is 383 g/mol. The third kappa shape index (κ3) is 2.95. The SMILES string of the molecule is COc1ccc(-c2[nH]c3ccccc3c2C(Br)C(F)(F)F)cc1. The molecule has 0 aliphatic rings.